The highest BCUT2D eigenvalue weighted by atomic mass is 19.4. The average molecular weight is 311 g/mol. The number of halogens is 8. The molecule has 20 heavy (non-hydrogen) atoms. The monoisotopic (exact) mass is 311 g/mol. The summed E-state index contributed by atoms with van der Waals surface area (Å²) in [6, 6.07) is 0. The summed E-state index contributed by atoms with van der Waals surface area (Å²) in [7, 11) is 0. The molecule has 0 fully saturated rings. The van der Waals surface area contributed by atoms with Crippen molar-refractivity contribution >= 4 is 5.69 Å². The Balaban J connectivity index is 3.08. The van der Waals surface area contributed by atoms with Crippen molar-refractivity contribution in [2.24, 2.45) is 0 Å². The number of nitrogens with two attached hydrogens (primary N) is 1. The van der Waals surface area contributed by atoms with E-state index in [-0.39, 0.29) is 16.1 Å². The van der Waals surface area contributed by atoms with Gasteiger partial charge in [-0.2, -0.15) is 31.4 Å². The molecule has 1 heterocycles. The Kier molecular flexibility index (Phi) is 3.94. The van der Waals surface area contributed by atoms with E-state index >= 15 is 0 Å². The van der Waals surface area contributed by atoms with Gasteiger partial charge in [0, 0.05) is 6.20 Å². The fraction of sp³-hybridized carbons (Fsp3) is 0.667. The van der Waals surface area contributed by atoms with Gasteiger partial charge in [-0.3, -0.25) is 4.68 Å². The van der Waals surface area contributed by atoms with Crippen LogP contribution in [0.3, 0.4) is 0 Å². The van der Waals surface area contributed by atoms with Crippen LogP contribution in [0.25, 0.3) is 0 Å². The average Bonchev–Trinajstić information content (AvgIpc) is 2.56. The van der Waals surface area contributed by atoms with Gasteiger partial charge in [0.2, 0.25) is 0 Å². The number of nitrogens with zero attached hydrogens (tertiary/aromatic N) is 2. The second-order valence-electron chi connectivity index (χ2n) is 4.07. The molecule has 1 aromatic heterocycles. The SMILES string of the molecule is Cc1nn(CC(F)(F)C(F)(F)C(F)(F)C(F)F)cc1N. The number of hydrogen-bond donors (Lipinski definition) is 1. The number of rotatable bonds is 5. The molecule has 11 heteroatoms. The van der Waals surface area contributed by atoms with Gasteiger partial charge in [0.1, 0.15) is 6.54 Å². The molecule has 0 aromatic carbocycles. The van der Waals surface area contributed by atoms with Gasteiger partial charge in [-0.05, 0) is 6.92 Å². The maximum atomic E-state index is 13.2. The minimum atomic E-state index is -6.25. The third-order valence-electron chi connectivity index (χ3n) is 2.50. The van der Waals surface area contributed by atoms with Crippen molar-refractivity contribution in [3.63, 3.8) is 0 Å². The molecular formula is C9H9F8N3. The molecule has 1 rings (SSSR count). The number of aromatic nitrogens is 2. The zero-order chi connectivity index (χ0) is 15.9. The minimum Gasteiger partial charge on any atom is -0.396 e. The van der Waals surface area contributed by atoms with Crippen molar-refractivity contribution in [3.8, 4) is 0 Å². The fourth-order valence-corrected chi connectivity index (χ4v) is 1.30. The predicted octanol–water partition coefficient (Wildman–Crippen LogP) is 2.94. The highest BCUT2D eigenvalue weighted by molar-refractivity contribution is 5.39. The van der Waals surface area contributed by atoms with Crippen molar-refractivity contribution in [1.82, 2.24) is 9.78 Å². The van der Waals surface area contributed by atoms with E-state index in [0.29, 0.717) is 6.20 Å². The van der Waals surface area contributed by atoms with Crippen LogP contribution in [0.5, 0.6) is 0 Å². The molecule has 0 amide bonds. The molecule has 0 saturated carbocycles. The van der Waals surface area contributed by atoms with Crippen LogP contribution in [0.4, 0.5) is 40.8 Å². The third kappa shape index (κ3) is 2.52. The van der Waals surface area contributed by atoms with Gasteiger partial charge in [0.15, 0.2) is 0 Å². The highest BCUT2D eigenvalue weighted by Gasteiger charge is 2.75. The maximum Gasteiger partial charge on any atom is 0.379 e. The van der Waals surface area contributed by atoms with Crippen LogP contribution < -0.4 is 5.73 Å². The first kappa shape index (κ1) is 16.5. The molecule has 0 spiro atoms. The lowest BCUT2D eigenvalue weighted by Gasteiger charge is -2.32. The van der Waals surface area contributed by atoms with E-state index in [9.17, 15) is 35.1 Å². The molecule has 0 bridgehead atoms. The first-order chi connectivity index (χ1) is 8.83. The maximum absolute atomic E-state index is 13.2. The number of hydrogen-bond acceptors (Lipinski definition) is 2. The minimum absolute atomic E-state index is 0.00439. The van der Waals surface area contributed by atoms with Gasteiger partial charge >= 0.3 is 24.2 Å². The summed E-state index contributed by atoms with van der Waals surface area (Å²) in [6.45, 7) is -0.754. The number of alkyl halides is 8. The Morgan fingerprint density at radius 2 is 1.70 bits per heavy atom. The summed E-state index contributed by atoms with van der Waals surface area (Å²) in [5, 5.41) is 3.28. The third-order valence-corrected chi connectivity index (χ3v) is 2.50. The van der Waals surface area contributed by atoms with Gasteiger partial charge in [0.05, 0.1) is 11.4 Å². The molecule has 1 aromatic rings. The van der Waals surface area contributed by atoms with Crippen LogP contribution in [0, 0.1) is 6.92 Å². The molecule has 0 aliphatic rings. The first-order valence-electron chi connectivity index (χ1n) is 5.04. The fourth-order valence-electron chi connectivity index (χ4n) is 1.30. The van der Waals surface area contributed by atoms with Crippen LogP contribution in [-0.2, 0) is 6.54 Å². The summed E-state index contributed by atoms with van der Waals surface area (Å²) in [5.41, 5.74) is 5.09. The largest absolute Gasteiger partial charge is 0.396 e. The molecule has 0 saturated heterocycles. The number of anilines is 1. The Bertz CT molecular complexity index is 462. The van der Waals surface area contributed by atoms with E-state index in [1.165, 1.54) is 6.92 Å². The molecule has 0 atom stereocenters. The lowest BCUT2D eigenvalue weighted by molar-refractivity contribution is -0.341. The summed E-state index contributed by atoms with van der Waals surface area (Å²) in [4.78, 5) is 0. The van der Waals surface area contributed by atoms with Crippen LogP contribution >= 0.6 is 0 Å². The van der Waals surface area contributed by atoms with E-state index in [1.54, 1.807) is 0 Å². The second-order valence-corrected chi connectivity index (χ2v) is 4.07. The Morgan fingerprint density at radius 1 is 1.20 bits per heavy atom. The summed E-state index contributed by atoms with van der Waals surface area (Å²) < 4.78 is 101. The van der Waals surface area contributed by atoms with Gasteiger partial charge in [0.25, 0.3) is 0 Å². The quantitative estimate of drug-likeness (QED) is 0.850. The summed E-state index contributed by atoms with van der Waals surface area (Å²) in [6.07, 6.45) is -4.23. The van der Waals surface area contributed by atoms with Gasteiger partial charge < -0.3 is 5.73 Å². The molecule has 0 aliphatic heterocycles. The Labute approximate surface area is 107 Å². The van der Waals surface area contributed by atoms with Crippen LogP contribution in [0.2, 0.25) is 0 Å². The molecule has 3 nitrogen and oxygen atoms in total. The summed E-state index contributed by atoms with van der Waals surface area (Å²) in [5.74, 6) is -17.9. The molecule has 0 radical (unpaired) electrons. The van der Waals surface area contributed by atoms with Crippen LogP contribution in [0.1, 0.15) is 5.69 Å². The molecule has 116 valence electrons. The lowest BCUT2D eigenvalue weighted by Crippen LogP contribution is -2.58. The van der Waals surface area contributed by atoms with Crippen molar-refractivity contribution in [2.75, 3.05) is 5.73 Å². The lowest BCUT2D eigenvalue weighted by atomic mass is 10.1. The van der Waals surface area contributed by atoms with Crippen molar-refractivity contribution in [2.45, 2.75) is 37.7 Å². The van der Waals surface area contributed by atoms with Gasteiger partial charge in [-0.15, -0.1) is 0 Å². The van der Waals surface area contributed by atoms with E-state index < -0.39 is 30.7 Å². The Hall–Kier alpha value is -1.55. The topological polar surface area (TPSA) is 43.8 Å². The van der Waals surface area contributed by atoms with Gasteiger partial charge in [-0.1, -0.05) is 0 Å². The molecular weight excluding hydrogens is 302 g/mol. The smallest absolute Gasteiger partial charge is 0.379 e. The van der Waals surface area contributed by atoms with E-state index in [1.807, 2.05) is 0 Å². The zero-order valence-electron chi connectivity index (χ0n) is 9.86. The predicted molar refractivity (Wildman–Crippen MR) is 52.2 cm³/mol. The van der Waals surface area contributed by atoms with Crippen LogP contribution in [0.15, 0.2) is 6.20 Å². The van der Waals surface area contributed by atoms with Crippen molar-refractivity contribution < 1.29 is 35.1 Å². The number of nitrogen functional groups attached to an aromatic ring is 1. The molecule has 0 unspecified atom stereocenters. The van der Waals surface area contributed by atoms with Crippen molar-refractivity contribution in [1.29, 1.82) is 0 Å². The number of aryl methyl sites for hydroxylation is 1. The second kappa shape index (κ2) is 4.77. The zero-order valence-corrected chi connectivity index (χ0v) is 9.86. The van der Waals surface area contributed by atoms with Crippen molar-refractivity contribution in [3.05, 3.63) is 11.9 Å². The summed E-state index contributed by atoms with van der Waals surface area (Å²) >= 11 is 0. The van der Waals surface area contributed by atoms with E-state index in [0.717, 1.165) is 0 Å². The highest BCUT2D eigenvalue weighted by Crippen LogP contribution is 2.49. The normalized spacial score (nSPS) is 14.1. The van der Waals surface area contributed by atoms with Gasteiger partial charge in [-0.25, -0.2) is 8.78 Å². The molecule has 2 N–H and O–H groups in total. The standard InChI is InChI=1S/C9H9F8N3/c1-4-5(18)2-20(19-4)3-7(12,13)9(16,17)8(14,15)6(10)11/h2,6H,3,18H2,1H3. The van der Waals surface area contributed by atoms with E-state index in [2.05, 4.69) is 5.10 Å². The first-order valence-corrected chi connectivity index (χ1v) is 5.04. The van der Waals surface area contributed by atoms with E-state index in [4.69, 9.17) is 5.73 Å². The van der Waals surface area contributed by atoms with Crippen LogP contribution in [-0.4, -0.2) is 34.0 Å². The molecule has 0 aliphatic carbocycles. The Morgan fingerprint density at radius 3 is 2.05 bits per heavy atom.